The van der Waals surface area contributed by atoms with Gasteiger partial charge in [0.15, 0.2) is 0 Å². The van der Waals surface area contributed by atoms with Gasteiger partial charge in [-0.3, -0.25) is 4.90 Å². The Bertz CT molecular complexity index is 403. The summed E-state index contributed by atoms with van der Waals surface area (Å²) in [6, 6.07) is 4.55. The molecule has 0 unspecified atom stereocenters. The Morgan fingerprint density at radius 3 is 2.33 bits per heavy atom. The Labute approximate surface area is 109 Å². The molecule has 1 saturated heterocycles. The van der Waals surface area contributed by atoms with Crippen molar-refractivity contribution in [2.24, 2.45) is 0 Å². The lowest BCUT2D eigenvalue weighted by molar-refractivity contribution is -0.187. The predicted octanol–water partition coefficient (Wildman–Crippen LogP) is 2.85. The summed E-state index contributed by atoms with van der Waals surface area (Å²) < 4.78 is 39.7. The zero-order valence-electron chi connectivity index (χ0n) is 9.67. The first kappa shape index (κ1) is 13.6. The van der Waals surface area contributed by atoms with Crippen LogP contribution in [-0.2, 0) is 0 Å². The lowest BCUT2D eigenvalue weighted by Crippen LogP contribution is -2.49. The van der Waals surface area contributed by atoms with Crippen molar-refractivity contribution in [3.05, 3.63) is 34.9 Å². The molecule has 1 atom stereocenters. The first-order valence-corrected chi connectivity index (χ1v) is 6.14. The molecule has 2 rings (SSSR count). The highest BCUT2D eigenvalue weighted by Gasteiger charge is 2.45. The predicted molar refractivity (Wildman–Crippen MR) is 64.7 cm³/mol. The van der Waals surface area contributed by atoms with Gasteiger partial charge in [0.05, 0.1) is 0 Å². The molecule has 0 amide bonds. The van der Waals surface area contributed by atoms with E-state index in [4.69, 9.17) is 11.6 Å². The van der Waals surface area contributed by atoms with E-state index in [9.17, 15) is 13.2 Å². The molecular weight excluding hydrogens is 265 g/mol. The maximum atomic E-state index is 13.2. The van der Waals surface area contributed by atoms with Crippen LogP contribution in [0.5, 0.6) is 0 Å². The molecule has 0 radical (unpaired) electrons. The van der Waals surface area contributed by atoms with Gasteiger partial charge in [0.1, 0.15) is 6.04 Å². The van der Waals surface area contributed by atoms with Gasteiger partial charge in [-0.2, -0.15) is 13.2 Å². The summed E-state index contributed by atoms with van der Waals surface area (Å²) in [6.07, 6.45) is -4.32. The quantitative estimate of drug-likeness (QED) is 0.895. The fraction of sp³-hybridized carbons (Fsp3) is 0.500. The van der Waals surface area contributed by atoms with E-state index in [2.05, 4.69) is 5.32 Å². The number of nitrogens with one attached hydrogen (secondary N) is 1. The fourth-order valence-electron chi connectivity index (χ4n) is 2.22. The van der Waals surface area contributed by atoms with Gasteiger partial charge in [-0.05, 0) is 11.6 Å². The summed E-state index contributed by atoms with van der Waals surface area (Å²) in [4.78, 5) is 1.43. The maximum absolute atomic E-state index is 13.2. The normalized spacial score (nSPS) is 19.8. The number of halogens is 4. The largest absolute Gasteiger partial charge is 0.408 e. The van der Waals surface area contributed by atoms with E-state index in [1.54, 1.807) is 12.1 Å². The molecule has 0 aromatic heterocycles. The first-order chi connectivity index (χ1) is 8.50. The number of hydrogen-bond acceptors (Lipinski definition) is 2. The van der Waals surface area contributed by atoms with Crippen molar-refractivity contribution in [1.82, 2.24) is 10.2 Å². The molecule has 1 aliphatic rings. The molecular formula is C12H14ClF3N2. The SMILES string of the molecule is FC(F)(F)[C@H](c1ccccc1Cl)N1CCNCC1. The molecule has 6 heteroatoms. The molecule has 1 heterocycles. The van der Waals surface area contributed by atoms with E-state index in [1.165, 1.54) is 17.0 Å². The summed E-state index contributed by atoms with van der Waals surface area (Å²) in [5.41, 5.74) is 0.133. The molecule has 18 heavy (non-hydrogen) atoms. The number of piperazine rings is 1. The van der Waals surface area contributed by atoms with E-state index in [0.717, 1.165) is 0 Å². The van der Waals surface area contributed by atoms with Crippen LogP contribution in [0.1, 0.15) is 11.6 Å². The molecule has 1 fully saturated rings. The van der Waals surface area contributed by atoms with Crippen LogP contribution in [0, 0.1) is 0 Å². The molecule has 1 aromatic rings. The highest BCUT2D eigenvalue weighted by molar-refractivity contribution is 6.31. The lowest BCUT2D eigenvalue weighted by Gasteiger charge is -2.36. The van der Waals surface area contributed by atoms with Crippen LogP contribution in [0.25, 0.3) is 0 Å². The number of hydrogen-bond donors (Lipinski definition) is 1. The standard InChI is InChI=1S/C12H14ClF3N2/c13-10-4-2-1-3-9(10)11(12(14,15)16)18-7-5-17-6-8-18/h1-4,11,17H,5-8H2/t11-/m0/s1. The molecule has 0 aliphatic carbocycles. The van der Waals surface area contributed by atoms with Gasteiger partial charge < -0.3 is 5.32 Å². The van der Waals surface area contributed by atoms with Gasteiger partial charge in [0.2, 0.25) is 0 Å². The molecule has 2 nitrogen and oxygen atoms in total. The van der Waals surface area contributed by atoms with E-state index in [0.29, 0.717) is 26.2 Å². The van der Waals surface area contributed by atoms with Crippen LogP contribution in [-0.4, -0.2) is 37.3 Å². The minimum Gasteiger partial charge on any atom is -0.314 e. The topological polar surface area (TPSA) is 15.3 Å². The summed E-state index contributed by atoms with van der Waals surface area (Å²) >= 11 is 5.90. The maximum Gasteiger partial charge on any atom is 0.408 e. The minimum absolute atomic E-state index is 0.133. The van der Waals surface area contributed by atoms with Crippen LogP contribution in [0.2, 0.25) is 5.02 Å². The number of rotatable bonds is 2. The van der Waals surface area contributed by atoms with Gasteiger partial charge in [0.25, 0.3) is 0 Å². The number of alkyl halides is 3. The van der Waals surface area contributed by atoms with Crippen LogP contribution in [0.3, 0.4) is 0 Å². The van der Waals surface area contributed by atoms with E-state index in [-0.39, 0.29) is 10.6 Å². The zero-order chi connectivity index (χ0) is 13.2. The molecule has 0 bridgehead atoms. The molecule has 0 saturated carbocycles. The molecule has 1 N–H and O–H groups in total. The second-order valence-electron chi connectivity index (χ2n) is 4.25. The third-order valence-electron chi connectivity index (χ3n) is 3.03. The summed E-state index contributed by atoms with van der Waals surface area (Å²) in [5.74, 6) is 0. The molecule has 0 spiro atoms. The average Bonchev–Trinajstić information content (AvgIpc) is 2.32. The van der Waals surface area contributed by atoms with Crippen LogP contribution < -0.4 is 5.32 Å². The van der Waals surface area contributed by atoms with E-state index in [1.807, 2.05) is 0 Å². The second kappa shape index (κ2) is 5.47. The van der Waals surface area contributed by atoms with Crippen molar-refractivity contribution in [3.8, 4) is 0 Å². The van der Waals surface area contributed by atoms with Crippen LogP contribution >= 0.6 is 11.6 Å². The van der Waals surface area contributed by atoms with Crippen molar-refractivity contribution in [1.29, 1.82) is 0 Å². The fourth-order valence-corrected chi connectivity index (χ4v) is 2.46. The van der Waals surface area contributed by atoms with E-state index >= 15 is 0 Å². The summed E-state index contributed by atoms with van der Waals surface area (Å²) in [6.45, 7) is 1.87. The minimum atomic E-state index is -4.32. The average molecular weight is 279 g/mol. The van der Waals surface area contributed by atoms with Crippen molar-refractivity contribution in [2.45, 2.75) is 12.2 Å². The zero-order valence-corrected chi connectivity index (χ0v) is 10.4. The highest BCUT2D eigenvalue weighted by atomic mass is 35.5. The molecule has 1 aromatic carbocycles. The van der Waals surface area contributed by atoms with Gasteiger partial charge >= 0.3 is 6.18 Å². The summed E-state index contributed by atoms with van der Waals surface area (Å²) in [7, 11) is 0. The van der Waals surface area contributed by atoms with Crippen molar-refractivity contribution >= 4 is 11.6 Å². The number of nitrogens with zero attached hydrogens (tertiary/aromatic N) is 1. The highest BCUT2D eigenvalue weighted by Crippen LogP contribution is 2.40. The smallest absolute Gasteiger partial charge is 0.314 e. The molecule has 100 valence electrons. The Kier molecular flexibility index (Phi) is 4.14. The van der Waals surface area contributed by atoms with Gasteiger partial charge in [0, 0.05) is 31.2 Å². The Balaban J connectivity index is 2.34. The first-order valence-electron chi connectivity index (χ1n) is 5.76. The Morgan fingerprint density at radius 2 is 1.78 bits per heavy atom. The van der Waals surface area contributed by atoms with Crippen molar-refractivity contribution in [3.63, 3.8) is 0 Å². The van der Waals surface area contributed by atoms with Crippen LogP contribution in [0.4, 0.5) is 13.2 Å². The van der Waals surface area contributed by atoms with Gasteiger partial charge in [-0.25, -0.2) is 0 Å². The van der Waals surface area contributed by atoms with Crippen LogP contribution in [0.15, 0.2) is 24.3 Å². The van der Waals surface area contributed by atoms with Crippen molar-refractivity contribution in [2.75, 3.05) is 26.2 Å². The third-order valence-corrected chi connectivity index (χ3v) is 3.37. The lowest BCUT2D eigenvalue weighted by atomic mass is 10.0. The van der Waals surface area contributed by atoms with E-state index < -0.39 is 12.2 Å². The monoisotopic (exact) mass is 278 g/mol. The van der Waals surface area contributed by atoms with Crippen molar-refractivity contribution < 1.29 is 13.2 Å². The van der Waals surface area contributed by atoms with Gasteiger partial charge in [-0.1, -0.05) is 29.8 Å². The number of benzene rings is 1. The third kappa shape index (κ3) is 2.96. The Morgan fingerprint density at radius 1 is 1.17 bits per heavy atom. The molecule has 1 aliphatic heterocycles. The van der Waals surface area contributed by atoms with Gasteiger partial charge in [-0.15, -0.1) is 0 Å². The summed E-state index contributed by atoms with van der Waals surface area (Å²) in [5, 5.41) is 3.21. The Hall–Kier alpha value is -0.780. The second-order valence-corrected chi connectivity index (χ2v) is 4.66.